The molecule has 2 aromatic rings. The van der Waals surface area contributed by atoms with Crippen molar-refractivity contribution in [3.63, 3.8) is 0 Å². The van der Waals surface area contributed by atoms with E-state index in [9.17, 15) is 9.59 Å². The Kier molecular flexibility index (Phi) is 3.77. The molecule has 6 nitrogen and oxygen atoms in total. The SMILES string of the molecule is O=C(NO)c1ccc2c(c1)CC1(CC2)CCN(c2cccnc2)C1=O. The van der Waals surface area contributed by atoms with Gasteiger partial charge in [-0.1, -0.05) is 6.07 Å². The van der Waals surface area contributed by atoms with Gasteiger partial charge >= 0.3 is 0 Å². The molecule has 2 heterocycles. The van der Waals surface area contributed by atoms with Crippen molar-refractivity contribution in [2.75, 3.05) is 11.4 Å². The molecule has 25 heavy (non-hydrogen) atoms. The number of pyridine rings is 1. The number of hydrogen-bond donors (Lipinski definition) is 2. The summed E-state index contributed by atoms with van der Waals surface area (Å²) in [4.78, 5) is 30.7. The third-order valence-electron chi connectivity index (χ3n) is 5.44. The average molecular weight is 337 g/mol. The van der Waals surface area contributed by atoms with Gasteiger partial charge in [-0.25, -0.2) is 5.48 Å². The highest BCUT2D eigenvalue weighted by atomic mass is 16.5. The predicted molar refractivity (Wildman–Crippen MR) is 91.4 cm³/mol. The second kappa shape index (κ2) is 5.97. The summed E-state index contributed by atoms with van der Waals surface area (Å²) in [5, 5.41) is 8.83. The molecule has 1 aromatic heterocycles. The minimum Gasteiger partial charge on any atom is -0.310 e. The van der Waals surface area contributed by atoms with Crippen LogP contribution in [0.3, 0.4) is 0 Å². The lowest BCUT2D eigenvalue weighted by atomic mass is 9.70. The summed E-state index contributed by atoms with van der Waals surface area (Å²) in [7, 11) is 0. The van der Waals surface area contributed by atoms with Crippen LogP contribution in [-0.4, -0.2) is 28.6 Å². The van der Waals surface area contributed by atoms with Crippen molar-refractivity contribution in [1.29, 1.82) is 0 Å². The number of aryl methyl sites for hydroxylation is 1. The van der Waals surface area contributed by atoms with Crippen LogP contribution in [0.1, 0.15) is 34.3 Å². The van der Waals surface area contributed by atoms with Crippen LogP contribution in [0.5, 0.6) is 0 Å². The second-order valence-electron chi connectivity index (χ2n) is 6.80. The number of amides is 2. The lowest BCUT2D eigenvalue weighted by Crippen LogP contribution is -2.39. The predicted octanol–water partition coefficient (Wildman–Crippen LogP) is 2.11. The van der Waals surface area contributed by atoms with Crippen LogP contribution in [0.25, 0.3) is 0 Å². The number of nitrogens with one attached hydrogen (secondary N) is 1. The molecule has 1 aliphatic carbocycles. The Balaban J connectivity index is 1.63. The van der Waals surface area contributed by atoms with Gasteiger partial charge in [0, 0.05) is 18.3 Å². The van der Waals surface area contributed by atoms with Crippen molar-refractivity contribution < 1.29 is 14.8 Å². The van der Waals surface area contributed by atoms with E-state index in [2.05, 4.69) is 4.98 Å². The third-order valence-corrected chi connectivity index (χ3v) is 5.44. The maximum absolute atomic E-state index is 13.1. The summed E-state index contributed by atoms with van der Waals surface area (Å²) in [5.74, 6) is -0.389. The van der Waals surface area contributed by atoms with Crippen molar-refractivity contribution in [3.8, 4) is 0 Å². The van der Waals surface area contributed by atoms with Crippen molar-refractivity contribution in [2.45, 2.75) is 25.7 Å². The Morgan fingerprint density at radius 2 is 2.12 bits per heavy atom. The molecule has 1 saturated heterocycles. The normalized spacial score (nSPS) is 22.1. The Bertz CT molecular complexity index is 837. The molecule has 0 radical (unpaired) electrons. The third kappa shape index (κ3) is 2.59. The smallest absolute Gasteiger partial charge is 0.274 e. The standard InChI is InChI=1S/C19H19N3O3/c23-17(21-25)14-4-3-13-5-6-19(11-15(13)10-14)7-9-22(18(19)24)16-2-1-8-20-12-16/h1-4,8,10,12,25H,5-7,9,11H2,(H,21,23). The Hall–Kier alpha value is -2.73. The first-order chi connectivity index (χ1) is 12.1. The topological polar surface area (TPSA) is 82.5 Å². The lowest BCUT2D eigenvalue weighted by Gasteiger charge is -2.33. The first-order valence-corrected chi connectivity index (χ1v) is 8.41. The van der Waals surface area contributed by atoms with Gasteiger partial charge in [-0.05, 0) is 61.1 Å². The van der Waals surface area contributed by atoms with Gasteiger partial charge in [-0.15, -0.1) is 0 Å². The number of hydrogen-bond acceptors (Lipinski definition) is 4. The zero-order valence-electron chi connectivity index (χ0n) is 13.7. The number of fused-ring (bicyclic) bond motifs is 1. The minimum absolute atomic E-state index is 0.142. The number of carbonyl (C=O) groups excluding carboxylic acids is 2. The molecular formula is C19H19N3O3. The van der Waals surface area contributed by atoms with Gasteiger partial charge in [0.05, 0.1) is 17.3 Å². The fraction of sp³-hybridized carbons (Fsp3) is 0.316. The number of nitrogens with zero attached hydrogens (tertiary/aromatic N) is 2. The molecule has 1 aromatic carbocycles. The van der Waals surface area contributed by atoms with Gasteiger partial charge in [-0.2, -0.15) is 0 Å². The summed E-state index contributed by atoms with van der Waals surface area (Å²) in [6.07, 6.45) is 6.49. The van der Waals surface area contributed by atoms with Gasteiger partial charge in [0.25, 0.3) is 5.91 Å². The lowest BCUT2D eigenvalue weighted by molar-refractivity contribution is -0.126. The molecule has 2 N–H and O–H groups in total. The zero-order valence-corrected chi connectivity index (χ0v) is 13.7. The Morgan fingerprint density at radius 3 is 2.88 bits per heavy atom. The molecule has 4 rings (SSSR count). The molecule has 0 saturated carbocycles. The first-order valence-electron chi connectivity index (χ1n) is 8.41. The summed E-state index contributed by atoms with van der Waals surface area (Å²) in [6.45, 7) is 0.691. The fourth-order valence-electron chi connectivity index (χ4n) is 4.04. The Labute approximate surface area is 145 Å². The van der Waals surface area contributed by atoms with Crippen LogP contribution in [0.4, 0.5) is 5.69 Å². The number of rotatable bonds is 2. The Morgan fingerprint density at radius 1 is 1.24 bits per heavy atom. The van der Waals surface area contributed by atoms with Gasteiger partial charge in [0.2, 0.25) is 5.91 Å². The van der Waals surface area contributed by atoms with Gasteiger partial charge in [0.1, 0.15) is 0 Å². The van der Waals surface area contributed by atoms with E-state index in [1.807, 2.05) is 23.1 Å². The molecule has 2 amide bonds. The average Bonchev–Trinajstić information content (AvgIpc) is 2.97. The van der Waals surface area contributed by atoms with E-state index in [-0.39, 0.29) is 5.91 Å². The quantitative estimate of drug-likeness (QED) is 0.649. The number of carbonyl (C=O) groups is 2. The zero-order chi connectivity index (χ0) is 17.4. The van der Waals surface area contributed by atoms with E-state index in [0.29, 0.717) is 18.5 Å². The van der Waals surface area contributed by atoms with Crippen molar-refractivity contribution in [1.82, 2.24) is 10.5 Å². The van der Waals surface area contributed by atoms with Crippen LogP contribution < -0.4 is 10.4 Å². The second-order valence-corrected chi connectivity index (χ2v) is 6.80. The van der Waals surface area contributed by atoms with Gasteiger partial charge < -0.3 is 4.90 Å². The van der Waals surface area contributed by atoms with Gasteiger partial charge in [-0.3, -0.25) is 19.8 Å². The van der Waals surface area contributed by atoms with Crippen LogP contribution in [0.2, 0.25) is 0 Å². The largest absolute Gasteiger partial charge is 0.310 e. The molecule has 0 bridgehead atoms. The first kappa shape index (κ1) is 15.8. The van der Waals surface area contributed by atoms with Crippen LogP contribution in [0, 0.1) is 5.41 Å². The van der Waals surface area contributed by atoms with E-state index < -0.39 is 11.3 Å². The van der Waals surface area contributed by atoms with Crippen molar-refractivity contribution in [3.05, 3.63) is 59.4 Å². The van der Waals surface area contributed by atoms with Crippen molar-refractivity contribution >= 4 is 17.5 Å². The summed E-state index contributed by atoms with van der Waals surface area (Å²) in [6, 6.07) is 9.17. The highest BCUT2D eigenvalue weighted by Gasteiger charge is 2.48. The van der Waals surface area contributed by atoms with Crippen molar-refractivity contribution in [2.24, 2.45) is 5.41 Å². The highest BCUT2D eigenvalue weighted by Crippen LogP contribution is 2.45. The summed E-state index contributed by atoms with van der Waals surface area (Å²) < 4.78 is 0. The van der Waals surface area contributed by atoms with Crippen LogP contribution >= 0.6 is 0 Å². The maximum Gasteiger partial charge on any atom is 0.274 e. The maximum atomic E-state index is 13.1. The highest BCUT2D eigenvalue weighted by molar-refractivity contribution is 6.00. The molecule has 6 heteroatoms. The van der Waals surface area contributed by atoms with E-state index >= 15 is 0 Å². The fourth-order valence-corrected chi connectivity index (χ4v) is 4.04. The van der Waals surface area contributed by atoms with E-state index in [1.54, 1.807) is 30.0 Å². The van der Waals surface area contributed by atoms with Crippen LogP contribution in [-0.2, 0) is 17.6 Å². The number of benzene rings is 1. The molecule has 1 spiro atoms. The van der Waals surface area contributed by atoms with Gasteiger partial charge in [0.15, 0.2) is 0 Å². The molecule has 1 aliphatic heterocycles. The molecule has 1 fully saturated rings. The minimum atomic E-state index is -0.530. The van der Waals surface area contributed by atoms with E-state index in [0.717, 1.165) is 30.5 Å². The summed E-state index contributed by atoms with van der Waals surface area (Å²) in [5.41, 5.74) is 4.70. The monoisotopic (exact) mass is 337 g/mol. The summed E-state index contributed by atoms with van der Waals surface area (Å²) >= 11 is 0. The number of anilines is 1. The molecule has 128 valence electrons. The molecule has 1 atom stereocenters. The van der Waals surface area contributed by atoms with Crippen LogP contribution in [0.15, 0.2) is 42.7 Å². The number of aromatic nitrogens is 1. The van der Waals surface area contributed by atoms with E-state index in [1.165, 1.54) is 5.56 Å². The molecule has 2 aliphatic rings. The van der Waals surface area contributed by atoms with E-state index in [4.69, 9.17) is 5.21 Å². The number of hydroxylamine groups is 1. The molecule has 1 unspecified atom stereocenters. The molecular weight excluding hydrogens is 318 g/mol.